The number of carbonyl (C=O) groups is 1. The number of benzene rings is 2. The molecule has 1 heterocycles. The number of nitrogens with zero attached hydrogens (tertiary/aromatic N) is 2. The summed E-state index contributed by atoms with van der Waals surface area (Å²) in [7, 11) is 0. The fourth-order valence-electron chi connectivity index (χ4n) is 2.45. The third kappa shape index (κ3) is 3.88. The van der Waals surface area contributed by atoms with Gasteiger partial charge in [0.2, 0.25) is 0 Å². The van der Waals surface area contributed by atoms with Crippen LogP contribution >= 0.6 is 0 Å². The minimum absolute atomic E-state index is 0.257. The van der Waals surface area contributed by atoms with Crippen LogP contribution < -0.4 is 5.32 Å². The van der Waals surface area contributed by atoms with Crippen molar-refractivity contribution >= 4 is 11.6 Å². The molecule has 1 amide bonds. The lowest BCUT2D eigenvalue weighted by molar-refractivity contribution is 0.102. The minimum atomic E-state index is -0.314. The first-order valence-corrected chi connectivity index (χ1v) is 8.06. The zero-order valence-electron chi connectivity index (χ0n) is 14.1. The molecule has 0 atom stereocenters. The van der Waals surface area contributed by atoms with Crippen LogP contribution in [0.4, 0.5) is 10.1 Å². The summed E-state index contributed by atoms with van der Waals surface area (Å²) < 4.78 is 13.0. The van der Waals surface area contributed by atoms with E-state index in [9.17, 15) is 9.18 Å². The van der Waals surface area contributed by atoms with E-state index in [1.165, 1.54) is 23.9 Å². The van der Waals surface area contributed by atoms with Crippen molar-refractivity contribution in [2.24, 2.45) is 0 Å². The lowest BCUT2D eigenvalue weighted by atomic mass is 10.1. The Morgan fingerprint density at radius 1 is 1.08 bits per heavy atom. The summed E-state index contributed by atoms with van der Waals surface area (Å²) >= 11 is 0. The van der Waals surface area contributed by atoms with Gasteiger partial charge in [0.15, 0.2) is 5.82 Å². The van der Waals surface area contributed by atoms with Crippen molar-refractivity contribution in [3.63, 3.8) is 0 Å². The Balaban J connectivity index is 1.79. The summed E-state index contributed by atoms with van der Waals surface area (Å²) in [5, 5.41) is 2.85. The maximum Gasteiger partial charge on any atom is 0.259 e. The van der Waals surface area contributed by atoms with E-state index >= 15 is 0 Å². The second-order valence-electron chi connectivity index (χ2n) is 5.70. The van der Waals surface area contributed by atoms with Crippen LogP contribution in [0.2, 0.25) is 0 Å². The first kappa shape index (κ1) is 16.8. The number of halogens is 1. The van der Waals surface area contributed by atoms with E-state index in [-0.39, 0.29) is 11.7 Å². The van der Waals surface area contributed by atoms with E-state index in [4.69, 9.17) is 0 Å². The summed E-state index contributed by atoms with van der Waals surface area (Å²) in [6.07, 6.45) is 2.45. The molecule has 5 heteroatoms. The number of nitrogens with one attached hydrogen (secondary N) is 1. The predicted molar refractivity (Wildman–Crippen MR) is 95.9 cm³/mol. The molecular formula is C20H18FN3O. The number of aromatic nitrogens is 2. The molecule has 0 saturated carbocycles. The third-order valence-electron chi connectivity index (χ3n) is 3.95. The fraction of sp³-hybridized carbons (Fsp3) is 0.150. The molecule has 126 valence electrons. The quantitative estimate of drug-likeness (QED) is 0.768. The number of carbonyl (C=O) groups excluding carboxylic acids is 1. The highest BCUT2D eigenvalue weighted by Gasteiger charge is 2.13. The summed E-state index contributed by atoms with van der Waals surface area (Å²) in [5.74, 6) is -0.112. The van der Waals surface area contributed by atoms with Gasteiger partial charge in [0.1, 0.15) is 5.82 Å². The normalized spacial score (nSPS) is 10.5. The fourth-order valence-corrected chi connectivity index (χ4v) is 2.45. The molecule has 0 spiro atoms. The van der Waals surface area contributed by atoms with Gasteiger partial charge < -0.3 is 5.32 Å². The molecule has 2 aromatic carbocycles. The molecule has 25 heavy (non-hydrogen) atoms. The van der Waals surface area contributed by atoms with E-state index in [2.05, 4.69) is 22.2 Å². The van der Waals surface area contributed by atoms with Gasteiger partial charge in [-0.2, -0.15) is 0 Å². The molecule has 4 nitrogen and oxygen atoms in total. The second-order valence-corrected chi connectivity index (χ2v) is 5.70. The molecule has 3 aromatic rings. The molecule has 0 fully saturated rings. The van der Waals surface area contributed by atoms with Crippen LogP contribution in [0.3, 0.4) is 0 Å². The highest BCUT2D eigenvalue weighted by Crippen LogP contribution is 2.18. The molecule has 0 aliphatic heterocycles. The lowest BCUT2D eigenvalue weighted by Crippen LogP contribution is -2.15. The van der Waals surface area contributed by atoms with Crippen LogP contribution in [0.25, 0.3) is 11.4 Å². The Morgan fingerprint density at radius 2 is 1.76 bits per heavy atom. The van der Waals surface area contributed by atoms with Gasteiger partial charge >= 0.3 is 0 Å². The molecule has 1 aromatic heterocycles. The van der Waals surface area contributed by atoms with Crippen LogP contribution in [0.1, 0.15) is 28.5 Å². The van der Waals surface area contributed by atoms with Crippen LogP contribution in [0, 0.1) is 12.7 Å². The van der Waals surface area contributed by atoms with E-state index < -0.39 is 0 Å². The summed E-state index contributed by atoms with van der Waals surface area (Å²) in [6.45, 7) is 3.83. The van der Waals surface area contributed by atoms with E-state index in [0.29, 0.717) is 22.6 Å². The molecule has 0 aliphatic rings. The topological polar surface area (TPSA) is 54.9 Å². The summed E-state index contributed by atoms with van der Waals surface area (Å²) in [4.78, 5) is 21.0. The number of hydrogen-bond donors (Lipinski definition) is 1. The van der Waals surface area contributed by atoms with Gasteiger partial charge in [-0.15, -0.1) is 0 Å². The van der Waals surface area contributed by atoms with Gasteiger partial charge in [0.25, 0.3) is 5.91 Å². The Kier molecular flexibility index (Phi) is 4.84. The minimum Gasteiger partial charge on any atom is -0.322 e. The van der Waals surface area contributed by atoms with Crippen molar-refractivity contribution in [1.29, 1.82) is 0 Å². The van der Waals surface area contributed by atoms with Gasteiger partial charge in [-0.25, -0.2) is 14.4 Å². The number of hydrogen-bond acceptors (Lipinski definition) is 3. The van der Waals surface area contributed by atoms with Crippen LogP contribution in [-0.2, 0) is 6.42 Å². The van der Waals surface area contributed by atoms with Crippen molar-refractivity contribution in [2.75, 3.05) is 5.32 Å². The average molecular weight is 335 g/mol. The molecular weight excluding hydrogens is 317 g/mol. The molecule has 0 bridgehead atoms. The number of aryl methyl sites for hydroxylation is 2. The lowest BCUT2D eigenvalue weighted by Gasteiger charge is -2.09. The Hall–Kier alpha value is -3.08. The number of amides is 1. The van der Waals surface area contributed by atoms with Crippen molar-refractivity contribution in [3.8, 4) is 11.4 Å². The van der Waals surface area contributed by atoms with Gasteiger partial charge in [-0.3, -0.25) is 4.79 Å². The average Bonchev–Trinajstić information content (AvgIpc) is 2.62. The molecule has 0 unspecified atom stereocenters. The zero-order valence-corrected chi connectivity index (χ0v) is 14.1. The molecule has 0 saturated heterocycles. The van der Waals surface area contributed by atoms with E-state index in [1.54, 1.807) is 19.1 Å². The SMILES string of the molecule is CCc1ccc(NC(=O)c2cnc(-c3ccc(F)cc3)nc2C)cc1. The zero-order chi connectivity index (χ0) is 17.8. The highest BCUT2D eigenvalue weighted by molar-refractivity contribution is 6.04. The number of rotatable bonds is 4. The summed E-state index contributed by atoms with van der Waals surface area (Å²) in [6, 6.07) is 13.6. The van der Waals surface area contributed by atoms with Crippen molar-refractivity contribution in [3.05, 3.63) is 77.4 Å². The third-order valence-corrected chi connectivity index (χ3v) is 3.95. The van der Waals surface area contributed by atoms with E-state index in [1.807, 2.05) is 24.3 Å². The molecule has 0 radical (unpaired) electrons. The summed E-state index contributed by atoms with van der Waals surface area (Å²) in [5.41, 5.74) is 3.61. The van der Waals surface area contributed by atoms with E-state index in [0.717, 1.165) is 12.1 Å². The van der Waals surface area contributed by atoms with Crippen molar-refractivity contribution in [1.82, 2.24) is 9.97 Å². The monoisotopic (exact) mass is 335 g/mol. The molecule has 1 N–H and O–H groups in total. The second kappa shape index (κ2) is 7.21. The first-order chi connectivity index (χ1) is 12.1. The van der Waals surface area contributed by atoms with Crippen molar-refractivity contribution in [2.45, 2.75) is 20.3 Å². The molecule has 0 aliphatic carbocycles. The largest absolute Gasteiger partial charge is 0.322 e. The van der Waals surface area contributed by atoms with Crippen LogP contribution in [-0.4, -0.2) is 15.9 Å². The Labute approximate surface area is 145 Å². The van der Waals surface area contributed by atoms with Gasteiger partial charge in [0, 0.05) is 17.4 Å². The maximum absolute atomic E-state index is 13.0. The smallest absolute Gasteiger partial charge is 0.259 e. The predicted octanol–water partition coefficient (Wildman–Crippen LogP) is 4.41. The Bertz CT molecular complexity index is 890. The van der Waals surface area contributed by atoms with Gasteiger partial charge in [-0.05, 0) is 55.3 Å². The first-order valence-electron chi connectivity index (χ1n) is 8.06. The molecule has 3 rings (SSSR count). The number of anilines is 1. The Morgan fingerprint density at radius 3 is 2.36 bits per heavy atom. The highest BCUT2D eigenvalue weighted by atomic mass is 19.1. The van der Waals surface area contributed by atoms with Crippen LogP contribution in [0.5, 0.6) is 0 Å². The van der Waals surface area contributed by atoms with Crippen molar-refractivity contribution < 1.29 is 9.18 Å². The maximum atomic E-state index is 13.0. The van der Waals surface area contributed by atoms with Crippen LogP contribution in [0.15, 0.2) is 54.7 Å². The standard InChI is InChI=1S/C20H18FN3O/c1-3-14-4-10-17(11-5-14)24-20(25)18-12-22-19(23-13(18)2)15-6-8-16(21)9-7-15/h4-12H,3H2,1-2H3,(H,24,25). The van der Waals surface area contributed by atoms with Gasteiger partial charge in [0.05, 0.1) is 11.3 Å². The van der Waals surface area contributed by atoms with Gasteiger partial charge in [-0.1, -0.05) is 19.1 Å².